The van der Waals surface area contributed by atoms with Gasteiger partial charge in [-0.15, -0.1) is 23.2 Å². The van der Waals surface area contributed by atoms with Crippen LogP contribution in [0.15, 0.2) is 0 Å². The molecule has 0 aromatic heterocycles. The van der Waals surface area contributed by atoms with E-state index in [1.807, 2.05) is 6.92 Å². The van der Waals surface area contributed by atoms with Crippen LogP contribution in [0.1, 0.15) is 27.2 Å². The standard InChI is InChI=1S/C10H17Cl2NO2/c1-5(8(11)12)4-6-7(14)10(2,3)9(15)13-6/h5-8,14H,4H2,1-3H3,(H,13,15)/t5-,6+,7-/m1/s1. The highest BCUT2D eigenvalue weighted by Crippen LogP contribution is 2.33. The Labute approximate surface area is 100 Å². The third-order valence-electron chi connectivity index (χ3n) is 3.08. The van der Waals surface area contributed by atoms with Gasteiger partial charge in [0.1, 0.15) is 4.84 Å². The second kappa shape index (κ2) is 4.48. The Morgan fingerprint density at radius 3 is 2.40 bits per heavy atom. The van der Waals surface area contributed by atoms with Crippen LogP contribution in [-0.2, 0) is 4.79 Å². The van der Waals surface area contributed by atoms with Gasteiger partial charge in [-0.2, -0.15) is 0 Å². The van der Waals surface area contributed by atoms with E-state index >= 15 is 0 Å². The fraction of sp³-hybridized carbons (Fsp3) is 0.900. The summed E-state index contributed by atoms with van der Waals surface area (Å²) in [6.07, 6.45) is -0.0897. The van der Waals surface area contributed by atoms with Gasteiger partial charge < -0.3 is 10.4 Å². The monoisotopic (exact) mass is 253 g/mol. The molecule has 3 nitrogen and oxygen atoms in total. The maximum atomic E-state index is 11.5. The van der Waals surface area contributed by atoms with Crippen molar-refractivity contribution in [3.63, 3.8) is 0 Å². The summed E-state index contributed by atoms with van der Waals surface area (Å²) >= 11 is 11.5. The van der Waals surface area contributed by atoms with Crippen molar-refractivity contribution in [1.29, 1.82) is 0 Å². The van der Waals surface area contributed by atoms with E-state index in [2.05, 4.69) is 5.32 Å². The van der Waals surface area contributed by atoms with Crippen LogP contribution in [0.4, 0.5) is 0 Å². The normalized spacial score (nSPS) is 31.8. The average Bonchev–Trinajstić information content (AvgIpc) is 2.30. The molecule has 0 aliphatic carbocycles. The zero-order valence-corrected chi connectivity index (χ0v) is 10.6. The van der Waals surface area contributed by atoms with Crippen LogP contribution < -0.4 is 5.32 Å². The number of nitrogens with one attached hydrogen (secondary N) is 1. The molecule has 1 rings (SSSR count). The predicted molar refractivity (Wildman–Crippen MR) is 61.0 cm³/mol. The molecular weight excluding hydrogens is 237 g/mol. The quantitative estimate of drug-likeness (QED) is 0.753. The Morgan fingerprint density at radius 1 is 1.53 bits per heavy atom. The van der Waals surface area contributed by atoms with E-state index in [4.69, 9.17) is 23.2 Å². The van der Waals surface area contributed by atoms with Crippen molar-refractivity contribution in [1.82, 2.24) is 5.32 Å². The summed E-state index contributed by atoms with van der Waals surface area (Å²) in [5, 5.41) is 12.7. The Hall–Kier alpha value is 0.01000. The molecule has 0 aromatic carbocycles. The number of amides is 1. The fourth-order valence-corrected chi connectivity index (χ4v) is 1.97. The third-order valence-corrected chi connectivity index (χ3v) is 3.94. The van der Waals surface area contributed by atoms with Crippen LogP contribution >= 0.6 is 23.2 Å². The molecule has 0 unspecified atom stereocenters. The summed E-state index contributed by atoms with van der Waals surface area (Å²) in [6.45, 7) is 5.36. The molecule has 1 aliphatic heterocycles. The second-order valence-corrected chi connectivity index (χ2v) is 5.96. The van der Waals surface area contributed by atoms with Gasteiger partial charge in [-0.1, -0.05) is 6.92 Å². The molecular formula is C10H17Cl2NO2. The Kier molecular flexibility index (Phi) is 3.90. The van der Waals surface area contributed by atoms with Crippen molar-refractivity contribution in [2.24, 2.45) is 11.3 Å². The van der Waals surface area contributed by atoms with E-state index in [1.165, 1.54) is 0 Å². The Bertz CT molecular complexity index is 256. The number of aliphatic hydroxyl groups excluding tert-OH is 1. The minimum atomic E-state index is -0.724. The lowest BCUT2D eigenvalue weighted by Gasteiger charge is -2.24. The summed E-state index contributed by atoms with van der Waals surface area (Å²) in [5.41, 5.74) is -0.724. The maximum absolute atomic E-state index is 11.5. The van der Waals surface area contributed by atoms with Crippen molar-refractivity contribution in [2.75, 3.05) is 0 Å². The number of hydrogen-bond acceptors (Lipinski definition) is 2. The summed E-state index contributed by atoms with van der Waals surface area (Å²) in [4.78, 5) is 11.1. The first-order valence-electron chi connectivity index (χ1n) is 5.04. The van der Waals surface area contributed by atoms with Gasteiger partial charge in [-0.25, -0.2) is 0 Å². The molecule has 0 radical (unpaired) electrons. The number of halogens is 2. The summed E-state index contributed by atoms with van der Waals surface area (Å²) in [5.74, 6) is -0.0740. The van der Waals surface area contributed by atoms with E-state index < -0.39 is 16.4 Å². The number of carbonyl (C=O) groups is 1. The average molecular weight is 254 g/mol. The number of carbonyl (C=O) groups excluding carboxylic acids is 1. The van der Waals surface area contributed by atoms with Crippen LogP contribution in [0.2, 0.25) is 0 Å². The van der Waals surface area contributed by atoms with Gasteiger partial charge in [0.25, 0.3) is 0 Å². The Morgan fingerprint density at radius 2 is 2.07 bits per heavy atom. The molecule has 1 aliphatic rings. The molecule has 0 aromatic rings. The molecule has 1 fully saturated rings. The lowest BCUT2D eigenvalue weighted by Crippen LogP contribution is -2.36. The van der Waals surface area contributed by atoms with Gasteiger partial charge in [0.05, 0.1) is 17.6 Å². The minimum absolute atomic E-state index is 0.0437. The smallest absolute Gasteiger partial charge is 0.228 e. The lowest BCUT2D eigenvalue weighted by molar-refractivity contribution is -0.128. The van der Waals surface area contributed by atoms with E-state index in [9.17, 15) is 9.90 Å². The number of rotatable bonds is 3. The van der Waals surface area contributed by atoms with Crippen LogP contribution in [-0.4, -0.2) is 28.0 Å². The van der Waals surface area contributed by atoms with Crippen molar-refractivity contribution < 1.29 is 9.90 Å². The van der Waals surface area contributed by atoms with Crippen molar-refractivity contribution in [2.45, 2.75) is 44.2 Å². The van der Waals surface area contributed by atoms with Gasteiger partial charge in [0.15, 0.2) is 0 Å². The number of alkyl halides is 2. The van der Waals surface area contributed by atoms with Crippen LogP contribution in [0, 0.1) is 11.3 Å². The van der Waals surface area contributed by atoms with E-state index in [0.29, 0.717) is 6.42 Å². The molecule has 2 N–H and O–H groups in total. The zero-order valence-electron chi connectivity index (χ0n) is 9.13. The first kappa shape index (κ1) is 13.1. The summed E-state index contributed by atoms with van der Waals surface area (Å²) in [7, 11) is 0. The molecule has 1 amide bonds. The highest BCUT2D eigenvalue weighted by molar-refractivity contribution is 6.44. The van der Waals surface area contributed by atoms with Gasteiger partial charge >= 0.3 is 0 Å². The van der Waals surface area contributed by atoms with Crippen LogP contribution in [0.25, 0.3) is 0 Å². The van der Waals surface area contributed by atoms with Crippen molar-refractivity contribution >= 4 is 29.1 Å². The molecule has 0 spiro atoms. The van der Waals surface area contributed by atoms with Crippen molar-refractivity contribution in [3.8, 4) is 0 Å². The fourth-order valence-electron chi connectivity index (χ4n) is 1.76. The molecule has 5 heteroatoms. The van der Waals surface area contributed by atoms with Gasteiger partial charge in [0, 0.05) is 0 Å². The van der Waals surface area contributed by atoms with Crippen LogP contribution in [0.5, 0.6) is 0 Å². The lowest BCUT2D eigenvalue weighted by atomic mass is 9.84. The molecule has 88 valence electrons. The van der Waals surface area contributed by atoms with Gasteiger partial charge in [0.2, 0.25) is 5.91 Å². The largest absolute Gasteiger partial charge is 0.390 e. The number of hydrogen-bond donors (Lipinski definition) is 2. The highest BCUT2D eigenvalue weighted by Gasteiger charge is 2.48. The van der Waals surface area contributed by atoms with E-state index in [1.54, 1.807) is 13.8 Å². The third kappa shape index (κ3) is 2.58. The van der Waals surface area contributed by atoms with Gasteiger partial charge in [-0.05, 0) is 26.2 Å². The van der Waals surface area contributed by atoms with E-state index in [-0.39, 0.29) is 17.9 Å². The Balaban J connectivity index is 2.64. The molecule has 15 heavy (non-hydrogen) atoms. The van der Waals surface area contributed by atoms with Crippen LogP contribution in [0.3, 0.4) is 0 Å². The second-order valence-electron chi connectivity index (χ2n) is 4.79. The maximum Gasteiger partial charge on any atom is 0.228 e. The van der Waals surface area contributed by atoms with E-state index in [0.717, 1.165) is 0 Å². The summed E-state index contributed by atoms with van der Waals surface area (Å²) < 4.78 is 0. The molecule has 0 saturated carbocycles. The molecule has 0 bridgehead atoms. The predicted octanol–water partition coefficient (Wildman–Crippen LogP) is 1.70. The molecule has 1 saturated heterocycles. The van der Waals surface area contributed by atoms with Gasteiger partial charge in [-0.3, -0.25) is 4.79 Å². The molecule has 1 heterocycles. The first-order valence-corrected chi connectivity index (χ1v) is 5.91. The molecule has 3 atom stereocenters. The zero-order chi connectivity index (χ0) is 11.8. The summed E-state index contributed by atoms with van der Waals surface area (Å²) in [6, 6.07) is -0.248. The SMILES string of the molecule is C[C@H](C[C@@H]1NC(=O)C(C)(C)[C@@H]1O)C(Cl)Cl. The highest BCUT2D eigenvalue weighted by atomic mass is 35.5. The van der Waals surface area contributed by atoms with Crippen molar-refractivity contribution in [3.05, 3.63) is 0 Å². The first-order chi connectivity index (χ1) is 6.76. The topological polar surface area (TPSA) is 49.3 Å². The number of aliphatic hydroxyl groups is 1. The minimum Gasteiger partial charge on any atom is -0.390 e.